The predicted molar refractivity (Wildman–Crippen MR) is 125 cm³/mol. The van der Waals surface area contributed by atoms with Crippen molar-refractivity contribution in [3.8, 4) is 22.8 Å². The number of nitrogens with zero attached hydrogens (tertiary/aromatic N) is 4. The maximum Gasteiger partial charge on any atom is 0.204 e. The normalized spacial score (nSPS) is 17.3. The molecule has 1 N–H and O–H groups in total. The molecule has 1 aromatic heterocycles. The Bertz CT molecular complexity index is 1090. The number of methoxy groups -OCH3 is 1. The van der Waals surface area contributed by atoms with Gasteiger partial charge in [-0.05, 0) is 66.9 Å². The van der Waals surface area contributed by atoms with E-state index in [9.17, 15) is 5.11 Å². The summed E-state index contributed by atoms with van der Waals surface area (Å²) in [6.07, 6.45) is 1.55. The van der Waals surface area contributed by atoms with Gasteiger partial charge in [0.05, 0.1) is 25.6 Å². The number of aliphatic hydroxyl groups excluding tert-OH is 1. The van der Waals surface area contributed by atoms with Gasteiger partial charge in [-0.2, -0.15) is 0 Å². The number of rotatable bonds is 6. The summed E-state index contributed by atoms with van der Waals surface area (Å²) in [5.74, 6) is 1.96. The number of aromatic nitrogens is 3. The lowest BCUT2D eigenvalue weighted by atomic mass is 10.0. The molecule has 1 aliphatic heterocycles. The topological polar surface area (TPSA) is 55.4 Å². The Morgan fingerprint density at radius 1 is 1.16 bits per heavy atom. The number of β-amino-alcohol motifs (C(OH)–C–C–N with tert-alkyl or cyclic N) is 1. The summed E-state index contributed by atoms with van der Waals surface area (Å²) in [5.41, 5.74) is 3.25. The van der Waals surface area contributed by atoms with Crippen molar-refractivity contribution in [1.29, 1.82) is 0 Å². The van der Waals surface area contributed by atoms with Crippen LogP contribution in [0.3, 0.4) is 0 Å². The van der Waals surface area contributed by atoms with Gasteiger partial charge in [0.25, 0.3) is 0 Å². The highest BCUT2D eigenvalue weighted by Gasteiger charge is 2.22. The molecule has 164 valence electrons. The number of likely N-dealkylation sites (tertiary alicyclic amines) is 1. The van der Waals surface area contributed by atoms with Crippen molar-refractivity contribution in [2.45, 2.75) is 45.4 Å². The first-order valence-corrected chi connectivity index (χ1v) is 11.2. The zero-order valence-corrected chi connectivity index (χ0v) is 19.2. The van der Waals surface area contributed by atoms with Gasteiger partial charge in [-0.25, -0.2) is 4.68 Å². The number of para-hydroxylation sites is 1. The maximum absolute atomic E-state index is 10.1. The standard InChI is InChI=1S/C24H30N4O2S/c1-17(2)21-8-4-5-9-22(21)28-23(18-10-12-20(30-3)13-11-18)25-27(24(28)31)16-26-14-6-7-19(29)15-26/h4-5,8-13,17,19,29H,6-7,14-16H2,1-3H3/t19-/m1/s1. The number of piperidine rings is 1. The third-order valence-electron chi connectivity index (χ3n) is 5.80. The van der Waals surface area contributed by atoms with Gasteiger partial charge in [-0.15, -0.1) is 5.10 Å². The van der Waals surface area contributed by atoms with Crippen molar-refractivity contribution in [2.75, 3.05) is 20.2 Å². The molecule has 0 unspecified atom stereocenters. The van der Waals surface area contributed by atoms with Gasteiger partial charge >= 0.3 is 0 Å². The van der Waals surface area contributed by atoms with Crippen molar-refractivity contribution < 1.29 is 9.84 Å². The smallest absolute Gasteiger partial charge is 0.204 e. The summed E-state index contributed by atoms with van der Waals surface area (Å²) in [7, 11) is 1.66. The summed E-state index contributed by atoms with van der Waals surface area (Å²) in [6, 6.07) is 16.3. The Balaban J connectivity index is 1.83. The van der Waals surface area contributed by atoms with Crippen LogP contribution >= 0.6 is 12.2 Å². The number of hydrogen-bond acceptors (Lipinski definition) is 5. The first-order valence-electron chi connectivity index (χ1n) is 10.8. The molecule has 1 atom stereocenters. The van der Waals surface area contributed by atoms with Crippen LogP contribution in [0.4, 0.5) is 0 Å². The molecular formula is C24H30N4O2S. The van der Waals surface area contributed by atoms with Gasteiger partial charge in [-0.3, -0.25) is 9.47 Å². The van der Waals surface area contributed by atoms with Gasteiger partial charge < -0.3 is 9.84 Å². The highest BCUT2D eigenvalue weighted by molar-refractivity contribution is 7.71. The van der Waals surface area contributed by atoms with E-state index in [1.807, 2.05) is 35.0 Å². The predicted octanol–water partition coefficient (Wildman–Crippen LogP) is 4.62. The molecule has 0 spiro atoms. The maximum atomic E-state index is 10.1. The molecule has 0 bridgehead atoms. The molecule has 0 radical (unpaired) electrons. The quantitative estimate of drug-likeness (QED) is 0.569. The van der Waals surface area contributed by atoms with Gasteiger partial charge in [0.15, 0.2) is 5.82 Å². The molecule has 0 amide bonds. The zero-order valence-electron chi connectivity index (χ0n) is 18.4. The first-order chi connectivity index (χ1) is 15.0. The van der Waals surface area contributed by atoms with E-state index in [1.54, 1.807) is 7.11 Å². The van der Waals surface area contributed by atoms with Crippen LogP contribution in [0.5, 0.6) is 5.75 Å². The minimum absolute atomic E-state index is 0.285. The fourth-order valence-corrected chi connectivity index (χ4v) is 4.46. The van der Waals surface area contributed by atoms with Gasteiger partial charge in [0, 0.05) is 18.7 Å². The number of hydrogen-bond donors (Lipinski definition) is 1. The lowest BCUT2D eigenvalue weighted by Gasteiger charge is -2.29. The Kier molecular flexibility index (Phi) is 6.55. The van der Waals surface area contributed by atoms with Crippen LogP contribution in [0.15, 0.2) is 48.5 Å². The summed E-state index contributed by atoms with van der Waals surface area (Å²) in [6.45, 7) is 6.53. The molecule has 1 aliphatic rings. The van der Waals surface area contributed by atoms with Gasteiger partial charge in [-0.1, -0.05) is 32.0 Å². The van der Waals surface area contributed by atoms with E-state index in [4.69, 9.17) is 22.1 Å². The lowest BCUT2D eigenvalue weighted by molar-refractivity contribution is 0.0513. The molecular weight excluding hydrogens is 408 g/mol. The molecule has 0 saturated carbocycles. The third-order valence-corrected chi connectivity index (χ3v) is 6.20. The molecule has 2 aromatic carbocycles. The molecule has 2 heterocycles. The SMILES string of the molecule is COc1ccc(-c2nn(CN3CCC[C@@H](O)C3)c(=S)n2-c2ccccc2C(C)C)cc1. The van der Waals surface area contributed by atoms with Crippen LogP contribution in [0.1, 0.15) is 38.2 Å². The van der Waals surface area contributed by atoms with Crippen molar-refractivity contribution >= 4 is 12.2 Å². The molecule has 1 saturated heterocycles. The van der Waals surface area contributed by atoms with E-state index in [1.165, 1.54) is 5.56 Å². The minimum Gasteiger partial charge on any atom is -0.497 e. The van der Waals surface area contributed by atoms with E-state index >= 15 is 0 Å². The van der Waals surface area contributed by atoms with Crippen molar-refractivity contribution in [3.63, 3.8) is 0 Å². The minimum atomic E-state index is -0.285. The van der Waals surface area contributed by atoms with E-state index < -0.39 is 0 Å². The van der Waals surface area contributed by atoms with Gasteiger partial charge in [0.1, 0.15) is 5.75 Å². The molecule has 0 aliphatic carbocycles. The number of ether oxygens (including phenoxy) is 1. The Labute approximate surface area is 188 Å². The van der Waals surface area contributed by atoms with Crippen LogP contribution in [0, 0.1) is 4.77 Å². The molecule has 4 rings (SSSR count). The fraction of sp³-hybridized carbons (Fsp3) is 0.417. The average molecular weight is 439 g/mol. The second-order valence-electron chi connectivity index (χ2n) is 8.40. The van der Waals surface area contributed by atoms with Crippen LogP contribution in [0.2, 0.25) is 0 Å². The fourth-order valence-electron chi connectivity index (χ4n) is 4.17. The largest absolute Gasteiger partial charge is 0.497 e. The van der Waals surface area contributed by atoms with E-state index in [0.29, 0.717) is 23.9 Å². The molecule has 6 nitrogen and oxygen atoms in total. The summed E-state index contributed by atoms with van der Waals surface area (Å²) < 4.78 is 9.93. The summed E-state index contributed by atoms with van der Waals surface area (Å²) in [4.78, 5) is 2.22. The second-order valence-corrected chi connectivity index (χ2v) is 8.76. The zero-order chi connectivity index (χ0) is 22.0. The second kappa shape index (κ2) is 9.34. The van der Waals surface area contributed by atoms with Crippen LogP contribution in [0.25, 0.3) is 17.1 Å². The molecule has 1 fully saturated rings. The number of aliphatic hydroxyl groups is 1. The van der Waals surface area contributed by atoms with Crippen LogP contribution in [-0.4, -0.2) is 50.7 Å². The Morgan fingerprint density at radius 2 is 1.90 bits per heavy atom. The third kappa shape index (κ3) is 4.59. The molecule has 31 heavy (non-hydrogen) atoms. The van der Waals surface area contributed by atoms with E-state index in [-0.39, 0.29) is 6.10 Å². The molecule has 7 heteroatoms. The summed E-state index contributed by atoms with van der Waals surface area (Å²) >= 11 is 5.94. The van der Waals surface area contributed by atoms with Crippen molar-refractivity contribution in [2.24, 2.45) is 0 Å². The van der Waals surface area contributed by atoms with Crippen LogP contribution in [-0.2, 0) is 6.67 Å². The molecule has 3 aromatic rings. The highest BCUT2D eigenvalue weighted by atomic mass is 32.1. The van der Waals surface area contributed by atoms with E-state index in [2.05, 4.69) is 41.5 Å². The van der Waals surface area contributed by atoms with Crippen LogP contribution < -0.4 is 4.74 Å². The average Bonchev–Trinajstić information content (AvgIpc) is 3.09. The Hall–Kier alpha value is -2.48. The van der Waals surface area contributed by atoms with Gasteiger partial charge in [0.2, 0.25) is 4.77 Å². The van der Waals surface area contributed by atoms with Crippen molar-refractivity contribution in [3.05, 3.63) is 58.9 Å². The highest BCUT2D eigenvalue weighted by Crippen LogP contribution is 2.29. The summed E-state index contributed by atoms with van der Waals surface area (Å²) in [5, 5.41) is 15.0. The first kappa shape index (κ1) is 21.7. The lowest BCUT2D eigenvalue weighted by Crippen LogP contribution is -2.39. The number of benzene rings is 2. The monoisotopic (exact) mass is 438 g/mol. The Morgan fingerprint density at radius 3 is 2.58 bits per heavy atom. The van der Waals surface area contributed by atoms with E-state index in [0.717, 1.165) is 42.2 Å². The van der Waals surface area contributed by atoms with Crippen molar-refractivity contribution in [1.82, 2.24) is 19.2 Å².